The van der Waals surface area contributed by atoms with Crippen LogP contribution < -0.4 is 8.92 Å². The summed E-state index contributed by atoms with van der Waals surface area (Å²) in [6.07, 6.45) is 0. The maximum atomic E-state index is 13.6. The highest BCUT2D eigenvalue weighted by atomic mass is 127. The number of ether oxygens (including phenoxy) is 1. The fourth-order valence-corrected chi connectivity index (χ4v) is 5.63. The molecule has 178 valence electrons. The topological polar surface area (TPSA) is 55.8 Å². The van der Waals surface area contributed by atoms with Gasteiger partial charge in [0.25, 0.3) is 0 Å². The monoisotopic (exact) mass is 634 g/mol. The van der Waals surface area contributed by atoms with E-state index < -0.39 is 12.8 Å². The lowest BCUT2D eigenvalue weighted by Crippen LogP contribution is -2.10. The van der Waals surface area contributed by atoms with Crippen molar-refractivity contribution in [2.24, 2.45) is 0 Å². The summed E-state index contributed by atoms with van der Waals surface area (Å²) in [6, 6.07) is 31.5. The molecule has 0 fully saturated rings. The number of halogens is 1. The first-order valence-electron chi connectivity index (χ1n) is 11.1. The Morgan fingerprint density at radius 1 is 0.971 bits per heavy atom. The Morgan fingerprint density at radius 3 is 2.29 bits per heavy atom. The lowest BCUT2D eigenvalue weighted by atomic mass is 10.0. The predicted octanol–water partition coefficient (Wildman–Crippen LogP) is 8.01. The Labute approximate surface area is 227 Å². The van der Waals surface area contributed by atoms with Crippen LogP contribution in [-0.2, 0) is 14.1 Å². The van der Waals surface area contributed by atoms with Crippen LogP contribution in [-0.4, -0.2) is 12.2 Å². The van der Waals surface area contributed by atoms with Crippen molar-refractivity contribution in [3.8, 4) is 17.2 Å². The number of hydrogen-bond acceptors (Lipinski definition) is 5. The molecule has 0 aliphatic heterocycles. The molecule has 4 aromatic rings. The molecule has 8 heteroatoms. The van der Waals surface area contributed by atoms with Gasteiger partial charge in [0.1, 0.15) is 25.1 Å². The summed E-state index contributed by atoms with van der Waals surface area (Å²) in [5.74, 6) is 1.16. The first kappa shape index (κ1) is 24.4. The maximum absolute atomic E-state index is 13.6. The second-order valence-corrected chi connectivity index (χ2v) is 14.7. The molecule has 0 saturated carbocycles. The van der Waals surface area contributed by atoms with Crippen molar-refractivity contribution < 1.29 is 18.8 Å². The molecule has 35 heavy (non-hydrogen) atoms. The van der Waals surface area contributed by atoms with Crippen LogP contribution in [0.1, 0.15) is 26.7 Å². The van der Waals surface area contributed by atoms with E-state index in [1.54, 1.807) is 42.5 Å². The van der Waals surface area contributed by atoms with Gasteiger partial charge in [0.2, 0.25) is 0 Å². The summed E-state index contributed by atoms with van der Waals surface area (Å²) in [5, 5.41) is 10.2. The fraction of sp³-hybridized carbons (Fsp3) is 0.0741. The summed E-state index contributed by atoms with van der Waals surface area (Å²) in [5.41, 5.74) is 2.43. The molecular weight excluding hydrogens is 610 g/mol. The minimum atomic E-state index is -0.550. The number of hydrogen-bond donors (Lipinski definition) is 1. The van der Waals surface area contributed by atoms with Gasteiger partial charge in [-0.2, -0.15) is 0 Å². The number of phenols is 1. The average Bonchev–Trinajstić information content (AvgIpc) is 2.92. The molecule has 0 radical (unpaired) electrons. The van der Waals surface area contributed by atoms with Crippen LogP contribution >= 0.6 is 40.9 Å². The molecule has 0 heterocycles. The van der Waals surface area contributed by atoms with Crippen molar-refractivity contribution in [3.63, 3.8) is 0 Å². The van der Waals surface area contributed by atoms with E-state index in [0.717, 1.165) is 11.1 Å². The molecule has 0 saturated heterocycles. The van der Waals surface area contributed by atoms with Gasteiger partial charge < -0.3 is 14.0 Å². The number of carbonyl (C=O) groups is 1. The zero-order valence-electron chi connectivity index (χ0n) is 19.4. The third-order valence-electron chi connectivity index (χ3n) is 5.07. The molecule has 0 amide bonds. The largest absolute Gasteiger partial charge is 0.507 e. The third-order valence-corrected chi connectivity index (χ3v) is 7.48. The molecule has 2 unspecified atom stereocenters. The summed E-state index contributed by atoms with van der Waals surface area (Å²) in [6.45, 7) is 0.401. The maximum Gasteiger partial charge on any atom is 0.180 e. The number of rotatable bonds is 10. The minimum Gasteiger partial charge on any atom is -0.507 e. The number of phenolic OH excluding ortho intramolecular Hbond substituents is 1. The highest BCUT2D eigenvalue weighted by molar-refractivity contribution is 14.2. The molecule has 4 rings (SSSR count). The van der Waals surface area contributed by atoms with Gasteiger partial charge in [0.05, 0.1) is 17.7 Å². The molecule has 0 aliphatic carbocycles. The number of aromatic hydroxyl groups is 1. The van der Waals surface area contributed by atoms with E-state index in [0.29, 0.717) is 36.5 Å². The van der Waals surface area contributed by atoms with Crippen LogP contribution in [0, 0.1) is 0 Å². The van der Waals surface area contributed by atoms with Gasteiger partial charge in [-0.05, 0) is 55.5 Å². The van der Waals surface area contributed by atoms with Crippen LogP contribution in [0.4, 0.5) is 0 Å². The quantitative estimate of drug-likeness (QED) is 0.0830. The zero-order valence-corrected chi connectivity index (χ0v) is 23.1. The molecule has 4 nitrogen and oxygen atoms in total. The van der Waals surface area contributed by atoms with Gasteiger partial charge in [-0.15, -0.1) is 11.8 Å². The molecule has 2 atom stereocenters. The Hall–Kier alpha value is -2.32. The lowest BCUT2D eigenvalue weighted by Gasteiger charge is -2.18. The van der Waals surface area contributed by atoms with Crippen molar-refractivity contribution in [2.75, 3.05) is 0 Å². The van der Waals surface area contributed by atoms with Crippen molar-refractivity contribution in [1.82, 2.24) is 0 Å². The minimum absolute atomic E-state index is 0.0617. The molecule has 0 aromatic heterocycles. The Bertz CT molecular complexity index is 1340. The van der Waals surface area contributed by atoms with Crippen LogP contribution in [0.15, 0.2) is 108 Å². The van der Waals surface area contributed by atoms with E-state index in [9.17, 15) is 9.90 Å². The van der Waals surface area contributed by atoms with Crippen LogP contribution in [0.3, 0.4) is 0 Å². The van der Waals surface area contributed by atoms with Crippen LogP contribution in [0.5, 0.6) is 17.2 Å². The highest BCUT2D eigenvalue weighted by Crippen LogP contribution is 2.42. The SMILES string of the molecule is [3H]P=S(I)Oc1ccc(C(=O)C(Sc2ccc(OCc3ccccc3)cc2O)c2ccccc2)cc1. The molecule has 0 spiro atoms. The predicted molar refractivity (Wildman–Crippen MR) is 155 cm³/mol. The van der Waals surface area contributed by atoms with Crippen molar-refractivity contribution >= 4 is 54.2 Å². The van der Waals surface area contributed by atoms with Crippen LogP contribution in [0.2, 0.25) is 0 Å². The first-order valence-corrected chi connectivity index (χ1v) is 16.3. The van der Waals surface area contributed by atoms with Crippen molar-refractivity contribution in [1.29, 1.82) is 1.28 Å². The van der Waals surface area contributed by atoms with Gasteiger partial charge in [-0.1, -0.05) is 60.7 Å². The molecular formula is C27H22IO4PS2. The fourth-order valence-electron chi connectivity index (χ4n) is 3.36. The van der Waals surface area contributed by atoms with E-state index in [-0.39, 0.29) is 11.5 Å². The average molecular weight is 634 g/mol. The van der Waals surface area contributed by atoms with Crippen LogP contribution in [0.25, 0.3) is 0 Å². The Kier molecular flexibility index (Phi) is 8.76. The number of ketones is 1. The summed E-state index contributed by atoms with van der Waals surface area (Å²) >= 11 is 3.38. The van der Waals surface area contributed by atoms with E-state index in [1.165, 1.54) is 11.8 Å². The smallest absolute Gasteiger partial charge is 0.180 e. The van der Waals surface area contributed by atoms with Crippen molar-refractivity contribution in [3.05, 3.63) is 120 Å². The van der Waals surface area contributed by atoms with E-state index in [2.05, 4.69) is 21.2 Å². The standard InChI is InChI=1S/C27H22IO4PS2/c28-35(33)32-22-13-11-20(12-14-22)26(30)27(21-9-5-2-6-10-21)34-25-16-15-23(17-24(25)29)31-18-19-7-3-1-4-8-19/h1-17,27,29,33H,18H2/i33T. The molecule has 1 N–H and O–H groups in total. The van der Waals surface area contributed by atoms with Gasteiger partial charge in [-0.3, -0.25) is 4.79 Å². The third kappa shape index (κ3) is 7.34. The van der Waals surface area contributed by atoms with Gasteiger partial charge in [-0.25, -0.2) is 0 Å². The summed E-state index contributed by atoms with van der Waals surface area (Å²) in [4.78, 5) is 14.2. The second kappa shape index (κ2) is 12.6. The van der Waals surface area contributed by atoms with Gasteiger partial charge in [0.15, 0.2) is 5.78 Å². The summed E-state index contributed by atoms with van der Waals surface area (Å²) < 4.78 is 18.9. The number of Topliss-reactive ketones (excluding diaryl/α,β-unsaturated/α-hetero) is 1. The Balaban J connectivity index is 1.53. The van der Waals surface area contributed by atoms with Gasteiger partial charge >= 0.3 is 0 Å². The molecule has 4 aromatic carbocycles. The second-order valence-electron chi connectivity index (χ2n) is 7.49. The molecule has 0 aliphatic rings. The van der Waals surface area contributed by atoms with Crippen molar-refractivity contribution in [2.45, 2.75) is 16.8 Å². The Morgan fingerprint density at radius 2 is 1.63 bits per heavy atom. The van der Waals surface area contributed by atoms with Gasteiger partial charge in [0, 0.05) is 32.8 Å². The zero-order chi connectivity index (χ0) is 25.3. The van der Waals surface area contributed by atoms with E-state index in [1.807, 2.05) is 60.7 Å². The summed E-state index contributed by atoms with van der Waals surface area (Å²) in [7, 11) is -0.137. The number of thioether (sulfide) groups is 1. The molecule has 0 bridgehead atoms. The normalized spacial score (nSPS) is 13.0. The van der Waals surface area contributed by atoms with E-state index in [4.69, 9.17) is 10.2 Å². The number of benzene rings is 4. The van der Waals surface area contributed by atoms with E-state index >= 15 is 0 Å². The number of carbonyl (C=O) groups excluding carboxylic acids is 1. The highest BCUT2D eigenvalue weighted by Gasteiger charge is 2.25. The first-order chi connectivity index (χ1) is 17.5. The lowest BCUT2D eigenvalue weighted by molar-refractivity contribution is 0.0989.